The molecule has 106 valence electrons. The largest absolute Gasteiger partial charge is 0.472 e. The van der Waals surface area contributed by atoms with E-state index in [4.69, 9.17) is 8.83 Å². The molecule has 0 radical (unpaired) electrons. The predicted octanol–water partition coefficient (Wildman–Crippen LogP) is 3.28. The molecular weight excluding hydrogens is 256 g/mol. The van der Waals surface area contributed by atoms with Crippen molar-refractivity contribution in [2.75, 3.05) is 0 Å². The average Bonchev–Trinajstić information content (AvgIpc) is 3.18. The molecule has 5 heteroatoms. The van der Waals surface area contributed by atoms with Crippen LogP contribution >= 0.6 is 0 Å². The molecule has 0 saturated heterocycles. The summed E-state index contributed by atoms with van der Waals surface area (Å²) in [7, 11) is 0. The number of carbonyl (C=O) groups is 1. The van der Waals surface area contributed by atoms with E-state index in [1.807, 2.05) is 18.2 Å². The van der Waals surface area contributed by atoms with Gasteiger partial charge in [-0.15, -0.1) is 0 Å². The third kappa shape index (κ3) is 3.04. The normalized spacial score (nSPS) is 15.4. The minimum atomic E-state index is -0.127. The van der Waals surface area contributed by atoms with E-state index in [9.17, 15) is 4.79 Å². The van der Waals surface area contributed by atoms with E-state index in [1.165, 1.54) is 12.8 Å². The van der Waals surface area contributed by atoms with Crippen LogP contribution in [-0.2, 0) is 6.54 Å². The van der Waals surface area contributed by atoms with Gasteiger partial charge in [-0.05, 0) is 31.0 Å². The molecule has 0 aromatic carbocycles. The van der Waals surface area contributed by atoms with Crippen LogP contribution in [0.25, 0.3) is 11.3 Å². The van der Waals surface area contributed by atoms with Gasteiger partial charge in [-0.2, -0.15) is 0 Å². The SMILES string of the molecule is O=C(NCc1ccc(-c2ccoc2)o1)NC1CCCC1. The smallest absolute Gasteiger partial charge is 0.315 e. The zero-order chi connectivity index (χ0) is 13.8. The van der Waals surface area contributed by atoms with Crippen molar-refractivity contribution in [2.24, 2.45) is 0 Å². The van der Waals surface area contributed by atoms with Crippen molar-refractivity contribution in [2.45, 2.75) is 38.3 Å². The highest BCUT2D eigenvalue weighted by molar-refractivity contribution is 5.74. The highest BCUT2D eigenvalue weighted by Crippen LogP contribution is 2.22. The van der Waals surface area contributed by atoms with Crippen molar-refractivity contribution in [3.05, 3.63) is 36.5 Å². The fourth-order valence-electron chi connectivity index (χ4n) is 2.51. The van der Waals surface area contributed by atoms with Crippen molar-refractivity contribution >= 4 is 6.03 Å². The molecule has 0 atom stereocenters. The van der Waals surface area contributed by atoms with Crippen LogP contribution in [0.15, 0.2) is 39.6 Å². The first-order valence-corrected chi connectivity index (χ1v) is 6.97. The molecule has 1 aliphatic rings. The fraction of sp³-hybridized carbons (Fsp3) is 0.400. The van der Waals surface area contributed by atoms with Gasteiger partial charge in [0.25, 0.3) is 0 Å². The first-order chi connectivity index (χ1) is 9.81. The van der Waals surface area contributed by atoms with Crippen molar-refractivity contribution in [1.29, 1.82) is 0 Å². The van der Waals surface area contributed by atoms with Crippen LogP contribution in [0.1, 0.15) is 31.4 Å². The molecule has 20 heavy (non-hydrogen) atoms. The minimum Gasteiger partial charge on any atom is -0.472 e. The molecule has 3 rings (SSSR count). The van der Waals surface area contributed by atoms with Crippen LogP contribution in [-0.4, -0.2) is 12.1 Å². The zero-order valence-electron chi connectivity index (χ0n) is 11.2. The number of rotatable bonds is 4. The molecule has 2 N–H and O–H groups in total. The number of carbonyl (C=O) groups excluding carboxylic acids is 1. The Bertz CT molecular complexity index is 553. The maximum absolute atomic E-state index is 11.7. The summed E-state index contributed by atoms with van der Waals surface area (Å²) in [5.41, 5.74) is 0.895. The Morgan fingerprint density at radius 2 is 2.10 bits per heavy atom. The van der Waals surface area contributed by atoms with Crippen LogP contribution < -0.4 is 10.6 Å². The molecule has 2 heterocycles. The number of furan rings is 2. The van der Waals surface area contributed by atoms with E-state index in [0.717, 1.165) is 29.9 Å². The summed E-state index contributed by atoms with van der Waals surface area (Å²) in [5.74, 6) is 1.47. The maximum Gasteiger partial charge on any atom is 0.315 e. The van der Waals surface area contributed by atoms with Gasteiger partial charge < -0.3 is 19.5 Å². The van der Waals surface area contributed by atoms with Gasteiger partial charge in [-0.3, -0.25) is 0 Å². The topological polar surface area (TPSA) is 67.4 Å². The molecule has 0 bridgehead atoms. The lowest BCUT2D eigenvalue weighted by Gasteiger charge is -2.12. The van der Waals surface area contributed by atoms with Gasteiger partial charge in [0, 0.05) is 6.04 Å². The van der Waals surface area contributed by atoms with Crippen LogP contribution in [0.4, 0.5) is 4.79 Å². The van der Waals surface area contributed by atoms with E-state index in [1.54, 1.807) is 12.5 Å². The monoisotopic (exact) mass is 274 g/mol. The van der Waals surface area contributed by atoms with Crippen LogP contribution in [0, 0.1) is 0 Å². The Morgan fingerprint density at radius 3 is 2.85 bits per heavy atom. The van der Waals surface area contributed by atoms with E-state index < -0.39 is 0 Å². The van der Waals surface area contributed by atoms with Crippen LogP contribution in [0.2, 0.25) is 0 Å². The van der Waals surface area contributed by atoms with Crippen molar-refractivity contribution in [1.82, 2.24) is 10.6 Å². The molecule has 0 unspecified atom stereocenters. The second kappa shape index (κ2) is 5.86. The Kier molecular flexibility index (Phi) is 3.76. The van der Waals surface area contributed by atoms with Gasteiger partial charge in [-0.1, -0.05) is 12.8 Å². The highest BCUT2D eigenvalue weighted by atomic mass is 16.3. The summed E-state index contributed by atoms with van der Waals surface area (Å²) in [6.07, 6.45) is 7.81. The molecule has 1 saturated carbocycles. The number of amides is 2. The van der Waals surface area contributed by atoms with E-state index >= 15 is 0 Å². The molecule has 5 nitrogen and oxygen atoms in total. The zero-order valence-corrected chi connectivity index (χ0v) is 11.2. The van der Waals surface area contributed by atoms with Crippen LogP contribution in [0.3, 0.4) is 0 Å². The summed E-state index contributed by atoms with van der Waals surface area (Å²) < 4.78 is 10.7. The highest BCUT2D eigenvalue weighted by Gasteiger charge is 2.17. The van der Waals surface area contributed by atoms with Gasteiger partial charge >= 0.3 is 6.03 Å². The van der Waals surface area contributed by atoms with Gasteiger partial charge in [-0.25, -0.2) is 4.79 Å². The molecule has 0 aliphatic heterocycles. The van der Waals surface area contributed by atoms with Gasteiger partial charge in [0.1, 0.15) is 17.8 Å². The number of urea groups is 1. The third-order valence-electron chi connectivity index (χ3n) is 3.58. The predicted molar refractivity (Wildman–Crippen MR) is 74.0 cm³/mol. The second-order valence-corrected chi connectivity index (χ2v) is 5.09. The maximum atomic E-state index is 11.7. The Hall–Kier alpha value is -2.17. The Morgan fingerprint density at radius 1 is 1.25 bits per heavy atom. The van der Waals surface area contributed by atoms with Crippen molar-refractivity contribution in [3.63, 3.8) is 0 Å². The van der Waals surface area contributed by atoms with Crippen molar-refractivity contribution < 1.29 is 13.6 Å². The molecule has 2 aromatic rings. The molecule has 2 aromatic heterocycles. The Balaban J connectivity index is 1.49. The summed E-state index contributed by atoms with van der Waals surface area (Å²) in [5, 5.41) is 5.79. The van der Waals surface area contributed by atoms with E-state index in [0.29, 0.717) is 12.6 Å². The van der Waals surface area contributed by atoms with Crippen LogP contribution in [0.5, 0.6) is 0 Å². The molecule has 0 spiro atoms. The van der Waals surface area contributed by atoms with E-state index in [2.05, 4.69) is 10.6 Å². The number of nitrogens with one attached hydrogen (secondary N) is 2. The summed E-state index contributed by atoms with van der Waals surface area (Å²) >= 11 is 0. The number of hydrogen-bond donors (Lipinski definition) is 2. The standard InChI is InChI=1S/C15H18N2O3/c18-15(17-12-3-1-2-4-12)16-9-13-5-6-14(20-13)11-7-8-19-10-11/h5-8,10,12H,1-4,9H2,(H2,16,17,18). The first kappa shape index (κ1) is 12.8. The Labute approximate surface area is 117 Å². The minimum absolute atomic E-state index is 0.127. The van der Waals surface area contributed by atoms with Gasteiger partial charge in [0.05, 0.1) is 18.4 Å². The summed E-state index contributed by atoms with van der Waals surface area (Å²) in [6.45, 7) is 0.385. The quantitative estimate of drug-likeness (QED) is 0.899. The lowest BCUT2D eigenvalue weighted by atomic mass is 10.2. The summed E-state index contributed by atoms with van der Waals surface area (Å²) in [4.78, 5) is 11.7. The summed E-state index contributed by atoms with van der Waals surface area (Å²) in [6, 6.07) is 5.77. The molecular formula is C15H18N2O3. The van der Waals surface area contributed by atoms with Crippen molar-refractivity contribution in [3.8, 4) is 11.3 Å². The third-order valence-corrected chi connectivity index (χ3v) is 3.58. The first-order valence-electron chi connectivity index (χ1n) is 6.97. The molecule has 2 amide bonds. The molecule has 1 fully saturated rings. The lowest BCUT2D eigenvalue weighted by molar-refractivity contribution is 0.236. The second-order valence-electron chi connectivity index (χ2n) is 5.09. The lowest BCUT2D eigenvalue weighted by Crippen LogP contribution is -2.40. The fourth-order valence-corrected chi connectivity index (χ4v) is 2.51. The molecule has 1 aliphatic carbocycles. The average molecular weight is 274 g/mol. The van der Waals surface area contributed by atoms with Gasteiger partial charge in [0.2, 0.25) is 0 Å². The number of hydrogen-bond acceptors (Lipinski definition) is 3. The van der Waals surface area contributed by atoms with Gasteiger partial charge in [0.15, 0.2) is 0 Å². The van der Waals surface area contributed by atoms with E-state index in [-0.39, 0.29) is 6.03 Å².